The summed E-state index contributed by atoms with van der Waals surface area (Å²) in [6, 6.07) is 14.9. The molecule has 3 aromatic rings. The van der Waals surface area contributed by atoms with Gasteiger partial charge in [-0.3, -0.25) is 19.7 Å². The third-order valence-electron chi connectivity index (χ3n) is 6.37. The molecule has 9 nitrogen and oxygen atoms in total. The van der Waals surface area contributed by atoms with Crippen LogP contribution in [0.2, 0.25) is 0 Å². The van der Waals surface area contributed by atoms with Crippen molar-refractivity contribution >= 4 is 41.2 Å². The van der Waals surface area contributed by atoms with E-state index in [0.717, 1.165) is 27.2 Å². The third-order valence-corrected chi connectivity index (χ3v) is 6.37. The average Bonchev–Trinajstić information content (AvgIpc) is 2.89. The highest BCUT2D eigenvalue weighted by Gasteiger charge is 2.37. The molecule has 0 aromatic heterocycles. The Labute approximate surface area is 226 Å². The maximum atomic E-state index is 13.2. The Morgan fingerprint density at radius 3 is 2.36 bits per heavy atom. The predicted octanol–water partition coefficient (Wildman–Crippen LogP) is 4.61. The normalized spacial score (nSPS) is 14.3. The summed E-state index contributed by atoms with van der Waals surface area (Å²) < 4.78 is 11.1. The molecular formula is C30H29N3O6. The summed E-state index contributed by atoms with van der Waals surface area (Å²) in [5, 5.41) is 5.05. The molecule has 1 aliphatic rings. The van der Waals surface area contributed by atoms with E-state index in [-0.39, 0.29) is 18.1 Å². The van der Waals surface area contributed by atoms with E-state index in [4.69, 9.17) is 9.47 Å². The topological polar surface area (TPSA) is 114 Å². The van der Waals surface area contributed by atoms with E-state index in [1.54, 1.807) is 36.4 Å². The average molecular weight is 528 g/mol. The summed E-state index contributed by atoms with van der Waals surface area (Å²) in [6.07, 6.45) is 1.37. The van der Waals surface area contributed by atoms with E-state index < -0.39 is 17.8 Å². The fourth-order valence-corrected chi connectivity index (χ4v) is 4.02. The minimum atomic E-state index is -0.814. The lowest BCUT2D eigenvalue weighted by Crippen LogP contribution is -2.54. The fraction of sp³-hybridized carbons (Fsp3) is 0.200. The molecule has 1 heterocycles. The number of urea groups is 1. The number of nitrogens with zero attached hydrogens (tertiary/aromatic N) is 1. The van der Waals surface area contributed by atoms with Crippen molar-refractivity contribution in [3.05, 3.63) is 88.0 Å². The van der Waals surface area contributed by atoms with E-state index in [2.05, 4.69) is 10.6 Å². The smallest absolute Gasteiger partial charge is 0.335 e. The first-order valence-corrected chi connectivity index (χ1v) is 12.2. The molecule has 0 spiro atoms. The zero-order chi connectivity index (χ0) is 28.3. The number of hydrogen-bond donors (Lipinski definition) is 2. The van der Waals surface area contributed by atoms with Crippen LogP contribution in [0.4, 0.5) is 16.2 Å². The molecular weight excluding hydrogens is 498 g/mol. The number of methoxy groups -OCH3 is 1. The number of rotatable bonds is 7. The highest BCUT2D eigenvalue weighted by molar-refractivity contribution is 6.39. The van der Waals surface area contributed by atoms with Gasteiger partial charge in [0.2, 0.25) is 0 Å². The Hall–Kier alpha value is -4.92. The number of barbiturate groups is 1. The second-order valence-corrected chi connectivity index (χ2v) is 9.29. The van der Waals surface area contributed by atoms with Crippen molar-refractivity contribution in [1.29, 1.82) is 0 Å². The van der Waals surface area contributed by atoms with Gasteiger partial charge in [0.05, 0.1) is 12.8 Å². The quantitative estimate of drug-likeness (QED) is 0.343. The Morgan fingerprint density at radius 2 is 1.64 bits per heavy atom. The van der Waals surface area contributed by atoms with Gasteiger partial charge in [0.1, 0.15) is 5.57 Å². The van der Waals surface area contributed by atoms with Crippen LogP contribution >= 0.6 is 0 Å². The monoisotopic (exact) mass is 527 g/mol. The highest BCUT2D eigenvalue weighted by Crippen LogP contribution is 2.30. The summed E-state index contributed by atoms with van der Waals surface area (Å²) in [6.45, 7) is 7.38. The largest absolute Gasteiger partial charge is 0.493 e. The molecule has 0 aliphatic carbocycles. The Morgan fingerprint density at radius 1 is 0.897 bits per heavy atom. The van der Waals surface area contributed by atoms with Crippen molar-refractivity contribution in [2.24, 2.45) is 0 Å². The lowest BCUT2D eigenvalue weighted by atomic mass is 10.0. The number of amides is 5. The summed E-state index contributed by atoms with van der Waals surface area (Å²) in [5.74, 6) is -1.27. The molecule has 2 N–H and O–H groups in total. The molecule has 1 fully saturated rings. The zero-order valence-electron chi connectivity index (χ0n) is 22.4. The molecule has 4 rings (SSSR count). The van der Waals surface area contributed by atoms with Gasteiger partial charge in [0, 0.05) is 5.69 Å². The van der Waals surface area contributed by atoms with Crippen LogP contribution in [0.1, 0.15) is 27.8 Å². The van der Waals surface area contributed by atoms with Gasteiger partial charge in [-0.15, -0.1) is 0 Å². The summed E-state index contributed by atoms with van der Waals surface area (Å²) in [4.78, 5) is 51.7. The second kappa shape index (κ2) is 11.2. The summed E-state index contributed by atoms with van der Waals surface area (Å²) in [5.41, 5.74) is 5.19. The number of nitrogens with one attached hydrogen (secondary N) is 2. The number of hydrogen-bond acceptors (Lipinski definition) is 6. The summed E-state index contributed by atoms with van der Waals surface area (Å²) >= 11 is 0. The van der Waals surface area contributed by atoms with E-state index in [0.29, 0.717) is 28.4 Å². The van der Waals surface area contributed by atoms with Crippen LogP contribution in [0.15, 0.2) is 60.2 Å². The van der Waals surface area contributed by atoms with Crippen molar-refractivity contribution in [3.8, 4) is 11.5 Å². The molecule has 0 atom stereocenters. The first-order valence-electron chi connectivity index (χ1n) is 12.2. The van der Waals surface area contributed by atoms with Crippen LogP contribution < -0.4 is 25.0 Å². The number of benzene rings is 3. The SMILES string of the molecule is COc1cc(/C=C2/C(=O)NC(=O)N(c3ccc(C)c(C)c3)C2=O)ccc1OCC(=O)Nc1cc(C)ccc1C. The predicted molar refractivity (Wildman–Crippen MR) is 148 cm³/mol. The minimum absolute atomic E-state index is 0.212. The van der Waals surface area contributed by atoms with Crippen molar-refractivity contribution in [2.45, 2.75) is 27.7 Å². The van der Waals surface area contributed by atoms with Gasteiger partial charge in [-0.2, -0.15) is 0 Å². The molecule has 3 aromatic carbocycles. The van der Waals surface area contributed by atoms with Gasteiger partial charge >= 0.3 is 6.03 Å². The van der Waals surface area contributed by atoms with Crippen LogP contribution in [0, 0.1) is 27.7 Å². The molecule has 1 saturated heterocycles. The lowest BCUT2D eigenvalue weighted by molar-refractivity contribution is -0.122. The molecule has 0 radical (unpaired) electrons. The van der Waals surface area contributed by atoms with Gasteiger partial charge in [-0.1, -0.05) is 24.3 Å². The second-order valence-electron chi connectivity index (χ2n) is 9.29. The van der Waals surface area contributed by atoms with Crippen LogP contribution in [0.5, 0.6) is 11.5 Å². The van der Waals surface area contributed by atoms with Crippen LogP contribution in [0.3, 0.4) is 0 Å². The maximum Gasteiger partial charge on any atom is 0.335 e. The van der Waals surface area contributed by atoms with Gasteiger partial charge in [-0.05, 0) is 91.9 Å². The van der Waals surface area contributed by atoms with Crippen molar-refractivity contribution in [1.82, 2.24) is 5.32 Å². The Balaban J connectivity index is 1.52. The highest BCUT2D eigenvalue weighted by atomic mass is 16.5. The number of anilines is 2. The van der Waals surface area contributed by atoms with Crippen molar-refractivity contribution in [2.75, 3.05) is 23.9 Å². The fourth-order valence-electron chi connectivity index (χ4n) is 4.02. The number of aryl methyl sites for hydroxylation is 4. The molecule has 1 aliphatic heterocycles. The zero-order valence-corrected chi connectivity index (χ0v) is 22.4. The Bertz CT molecular complexity index is 1530. The molecule has 0 unspecified atom stereocenters. The number of imide groups is 2. The molecule has 0 bridgehead atoms. The van der Waals surface area contributed by atoms with Crippen LogP contribution in [-0.4, -0.2) is 37.5 Å². The standard InChI is InChI=1S/C30H29N3O6/c1-17-6-7-19(3)24(12-17)31-27(34)16-39-25-11-9-21(15-26(25)38-5)14-23-28(35)32-30(37)33(29(23)36)22-10-8-18(2)20(4)13-22/h6-15H,16H2,1-5H3,(H,31,34)(H,32,35,37)/b23-14-. The molecule has 5 amide bonds. The van der Waals surface area contributed by atoms with Gasteiger partial charge < -0.3 is 14.8 Å². The van der Waals surface area contributed by atoms with E-state index in [1.807, 2.05) is 45.9 Å². The number of ether oxygens (including phenoxy) is 2. The molecule has 200 valence electrons. The van der Waals surface area contributed by atoms with Gasteiger partial charge in [0.15, 0.2) is 18.1 Å². The first-order chi connectivity index (χ1) is 18.6. The lowest BCUT2D eigenvalue weighted by Gasteiger charge is -2.26. The third kappa shape index (κ3) is 5.98. The molecule has 39 heavy (non-hydrogen) atoms. The molecule has 0 saturated carbocycles. The van der Waals surface area contributed by atoms with Crippen LogP contribution in [0.25, 0.3) is 6.08 Å². The van der Waals surface area contributed by atoms with E-state index in [1.165, 1.54) is 13.2 Å². The minimum Gasteiger partial charge on any atom is -0.493 e. The van der Waals surface area contributed by atoms with Gasteiger partial charge in [0.25, 0.3) is 17.7 Å². The summed E-state index contributed by atoms with van der Waals surface area (Å²) in [7, 11) is 1.44. The van der Waals surface area contributed by atoms with Crippen molar-refractivity contribution in [3.63, 3.8) is 0 Å². The van der Waals surface area contributed by atoms with E-state index in [9.17, 15) is 19.2 Å². The number of carbonyl (C=O) groups excluding carboxylic acids is 4. The maximum absolute atomic E-state index is 13.2. The van der Waals surface area contributed by atoms with Crippen LogP contribution in [-0.2, 0) is 14.4 Å². The van der Waals surface area contributed by atoms with Gasteiger partial charge in [-0.25, -0.2) is 9.69 Å². The van der Waals surface area contributed by atoms with E-state index >= 15 is 0 Å². The first kappa shape index (κ1) is 27.1. The van der Waals surface area contributed by atoms with Crippen molar-refractivity contribution < 1.29 is 28.7 Å². The Kier molecular flexibility index (Phi) is 7.80. The molecule has 9 heteroatoms. The number of carbonyl (C=O) groups is 4.